The molecule has 0 radical (unpaired) electrons. The Morgan fingerprint density at radius 3 is 2.68 bits per heavy atom. The van der Waals surface area contributed by atoms with Gasteiger partial charge in [-0.1, -0.05) is 12.8 Å². The summed E-state index contributed by atoms with van der Waals surface area (Å²) in [6.07, 6.45) is 6.49. The molecule has 1 unspecified atom stereocenters. The first kappa shape index (κ1) is 14.9. The molecule has 1 amide bonds. The molecule has 2 rings (SSSR count). The zero-order valence-corrected chi connectivity index (χ0v) is 12.3. The third kappa shape index (κ3) is 4.80. The van der Waals surface area contributed by atoms with Gasteiger partial charge >= 0.3 is 0 Å². The second kappa shape index (κ2) is 7.90. The minimum Gasteiger partial charge on any atom is -0.348 e. The van der Waals surface area contributed by atoms with E-state index in [9.17, 15) is 9.59 Å². The number of rotatable bonds is 4. The van der Waals surface area contributed by atoms with Gasteiger partial charge in [0.15, 0.2) is 0 Å². The van der Waals surface area contributed by atoms with Crippen molar-refractivity contribution in [1.82, 2.24) is 10.6 Å². The van der Waals surface area contributed by atoms with Crippen LogP contribution in [0.3, 0.4) is 0 Å². The Bertz CT molecular complexity index is 309. The third-order valence-electron chi connectivity index (χ3n) is 3.99. The number of carbonyl (C=O) groups is 2. The highest BCUT2D eigenvalue weighted by atomic mass is 32.2. The second-order valence-electron chi connectivity index (χ2n) is 5.46. The first-order chi connectivity index (χ1) is 9.27. The van der Waals surface area contributed by atoms with Crippen molar-refractivity contribution in [3.63, 3.8) is 0 Å². The lowest BCUT2D eigenvalue weighted by atomic mass is 9.97. The van der Waals surface area contributed by atoms with Crippen molar-refractivity contribution >= 4 is 23.5 Å². The molecule has 2 heterocycles. The zero-order chi connectivity index (χ0) is 13.5. The van der Waals surface area contributed by atoms with Gasteiger partial charge in [-0.25, -0.2) is 0 Å². The van der Waals surface area contributed by atoms with Crippen molar-refractivity contribution in [2.75, 3.05) is 24.6 Å². The van der Waals surface area contributed by atoms with Crippen molar-refractivity contribution in [1.29, 1.82) is 0 Å². The predicted molar refractivity (Wildman–Crippen MR) is 78.3 cm³/mol. The zero-order valence-electron chi connectivity index (χ0n) is 11.5. The largest absolute Gasteiger partial charge is 0.348 e. The molecule has 2 fully saturated rings. The van der Waals surface area contributed by atoms with Crippen LogP contribution in [0.25, 0.3) is 0 Å². The van der Waals surface area contributed by atoms with Gasteiger partial charge in [0, 0.05) is 18.5 Å². The fourth-order valence-corrected chi connectivity index (χ4v) is 3.83. The van der Waals surface area contributed by atoms with E-state index in [0.717, 1.165) is 37.3 Å². The van der Waals surface area contributed by atoms with E-state index in [1.165, 1.54) is 19.3 Å². The lowest BCUT2D eigenvalue weighted by Crippen LogP contribution is -2.44. The van der Waals surface area contributed by atoms with Gasteiger partial charge in [-0.2, -0.15) is 11.8 Å². The molecule has 0 aromatic heterocycles. The molecular formula is C14H24N2O2S. The van der Waals surface area contributed by atoms with Gasteiger partial charge in [-0.05, 0) is 43.7 Å². The monoisotopic (exact) mass is 284 g/mol. The summed E-state index contributed by atoms with van der Waals surface area (Å²) in [7, 11) is 0. The highest BCUT2D eigenvalue weighted by Gasteiger charge is 2.27. The lowest BCUT2D eigenvalue weighted by Gasteiger charge is -2.20. The van der Waals surface area contributed by atoms with Crippen LogP contribution in [0.1, 0.15) is 38.5 Å². The highest BCUT2D eigenvalue weighted by molar-refractivity contribution is 7.99. The Hall–Kier alpha value is -0.550. The van der Waals surface area contributed by atoms with Gasteiger partial charge in [0.1, 0.15) is 0 Å². The van der Waals surface area contributed by atoms with Crippen LogP contribution in [-0.2, 0) is 9.59 Å². The standard InChI is InChI=1S/C14H24N2O2S/c17-13(11-5-8-19-9-6-11)14(18)16-10-12-4-2-1-3-7-15-12/h11-12,15H,1-10H2,(H,16,18). The summed E-state index contributed by atoms with van der Waals surface area (Å²) in [6.45, 7) is 1.61. The smallest absolute Gasteiger partial charge is 0.287 e. The van der Waals surface area contributed by atoms with Gasteiger partial charge < -0.3 is 10.6 Å². The van der Waals surface area contributed by atoms with Crippen LogP contribution in [-0.4, -0.2) is 42.3 Å². The van der Waals surface area contributed by atoms with Crippen molar-refractivity contribution in [3.05, 3.63) is 0 Å². The minimum absolute atomic E-state index is 0.0386. The van der Waals surface area contributed by atoms with Crippen LogP contribution in [0.15, 0.2) is 0 Å². The molecule has 0 bridgehead atoms. The molecule has 2 saturated heterocycles. The van der Waals surface area contributed by atoms with Gasteiger partial charge in [-0.3, -0.25) is 9.59 Å². The number of amides is 1. The predicted octanol–water partition coefficient (Wildman–Crippen LogP) is 1.35. The normalized spacial score (nSPS) is 25.6. The first-order valence-corrected chi connectivity index (χ1v) is 8.56. The average molecular weight is 284 g/mol. The Balaban J connectivity index is 1.71. The number of nitrogens with one attached hydrogen (secondary N) is 2. The maximum absolute atomic E-state index is 12.0. The van der Waals surface area contributed by atoms with Gasteiger partial charge in [0.2, 0.25) is 5.78 Å². The van der Waals surface area contributed by atoms with E-state index < -0.39 is 0 Å². The maximum Gasteiger partial charge on any atom is 0.287 e. The first-order valence-electron chi connectivity index (χ1n) is 7.40. The lowest BCUT2D eigenvalue weighted by molar-refractivity contribution is -0.140. The van der Waals surface area contributed by atoms with Crippen molar-refractivity contribution in [2.24, 2.45) is 5.92 Å². The highest BCUT2D eigenvalue weighted by Crippen LogP contribution is 2.23. The summed E-state index contributed by atoms with van der Waals surface area (Å²) < 4.78 is 0. The van der Waals surface area contributed by atoms with E-state index in [2.05, 4.69) is 10.6 Å². The third-order valence-corrected chi connectivity index (χ3v) is 5.04. The van der Waals surface area contributed by atoms with Crippen molar-refractivity contribution in [3.8, 4) is 0 Å². The van der Waals surface area contributed by atoms with Crippen LogP contribution in [0.2, 0.25) is 0 Å². The summed E-state index contributed by atoms with van der Waals surface area (Å²) >= 11 is 1.87. The van der Waals surface area contributed by atoms with E-state index in [-0.39, 0.29) is 17.6 Å². The van der Waals surface area contributed by atoms with Crippen LogP contribution >= 0.6 is 11.8 Å². The molecule has 0 saturated carbocycles. The Labute approximate surface area is 119 Å². The number of hydrogen-bond donors (Lipinski definition) is 2. The van der Waals surface area contributed by atoms with Gasteiger partial charge in [0.05, 0.1) is 0 Å². The molecule has 0 aromatic rings. The number of carbonyl (C=O) groups excluding carboxylic acids is 2. The summed E-state index contributed by atoms with van der Waals surface area (Å²) in [4.78, 5) is 23.9. The molecule has 2 aliphatic rings. The van der Waals surface area contributed by atoms with Crippen LogP contribution in [0, 0.1) is 5.92 Å². The van der Waals surface area contributed by atoms with Crippen molar-refractivity contribution < 1.29 is 9.59 Å². The summed E-state index contributed by atoms with van der Waals surface area (Å²) in [6, 6.07) is 0.334. The van der Waals surface area contributed by atoms with E-state index in [4.69, 9.17) is 0 Å². The quantitative estimate of drug-likeness (QED) is 0.765. The summed E-state index contributed by atoms with van der Waals surface area (Å²) in [5, 5.41) is 6.25. The number of thioether (sulfide) groups is 1. The average Bonchev–Trinajstić information content (AvgIpc) is 2.73. The van der Waals surface area contributed by atoms with Crippen molar-refractivity contribution in [2.45, 2.75) is 44.6 Å². The Morgan fingerprint density at radius 1 is 1.11 bits per heavy atom. The minimum atomic E-state index is -0.372. The van der Waals surface area contributed by atoms with Crippen LogP contribution in [0.5, 0.6) is 0 Å². The Kier molecular flexibility index (Phi) is 6.17. The number of ketones is 1. The molecule has 2 N–H and O–H groups in total. The molecule has 0 aromatic carbocycles. The summed E-state index contributed by atoms with van der Waals surface area (Å²) in [5.41, 5.74) is 0. The molecule has 19 heavy (non-hydrogen) atoms. The fraction of sp³-hybridized carbons (Fsp3) is 0.857. The second-order valence-corrected chi connectivity index (χ2v) is 6.69. The van der Waals surface area contributed by atoms with E-state index in [1.54, 1.807) is 0 Å². The topological polar surface area (TPSA) is 58.2 Å². The molecule has 2 aliphatic heterocycles. The Morgan fingerprint density at radius 2 is 1.89 bits per heavy atom. The fourth-order valence-electron chi connectivity index (χ4n) is 2.72. The molecule has 0 spiro atoms. The van der Waals surface area contributed by atoms with Crippen LogP contribution in [0.4, 0.5) is 0 Å². The van der Waals surface area contributed by atoms with E-state index in [0.29, 0.717) is 12.6 Å². The van der Waals surface area contributed by atoms with E-state index in [1.807, 2.05) is 11.8 Å². The molecule has 5 heteroatoms. The van der Waals surface area contributed by atoms with E-state index >= 15 is 0 Å². The van der Waals surface area contributed by atoms with Gasteiger partial charge in [-0.15, -0.1) is 0 Å². The summed E-state index contributed by atoms with van der Waals surface area (Å²) in [5.74, 6) is 1.40. The maximum atomic E-state index is 12.0. The number of Topliss-reactive ketones (excluding diaryl/α,β-unsaturated/α-hetero) is 1. The number of hydrogen-bond acceptors (Lipinski definition) is 4. The SMILES string of the molecule is O=C(NCC1CCCCCN1)C(=O)C1CCSCC1. The molecule has 4 nitrogen and oxygen atoms in total. The molecular weight excluding hydrogens is 260 g/mol. The molecule has 108 valence electrons. The van der Waals surface area contributed by atoms with Gasteiger partial charge in [0.25, 0.3) is 5.91 Å². The molecule has 1 atom stereocenters. The molecule has 0 aliphatic carbocycles. The van der Waals surface area contributed by atoms with Crippen LogP contribution < -0.4 is 10.6 Å².